The van der Waals surface area contributed by atoms with Crippen molar-refractivity contribution in [2.75, 3.05) is 6.61 Å². The van der Waals surface area contributed by atoms with E-state index in [9.17, 15) is 13.2 Å². The molecule has 0 fully saturated rings. The van der Waals surface area contributed by atoms with Crippen molar-refractivity contribution in [3.05, 3.63) is 16.5 Å². The fourth-order valence-electron chi connectivity index (χ4n) is 1.32. The molecule has 0 aromatic carbocycles. The average molecular weight is 293 g/mol. The van der Waals surface area contributed by atoms with Gasteiger partial charge in [-0.3, -0.25) is 0 Å². The van der Waals surface area contributed by atoms with Crippen LogP contribution in [-0.2, 0) is 10.0 Å². The van der Waals surface area contributed by atoms with E-state index in [-0.39, 0.29) is 15.7 Å². The minimum atomic E-state index is -3.77. The Morgan fingerprint density at radius 1 is 1.56 bits per heavy atom. The van der Waals surface area contributed by atoms with Gasteiger partial charge in [-0.1, -0.05) is 6.92 Å². The van der Waals surface area contributed by atoms with Crippen molar-refractivity contribution in [2.45, 2.75) is 30.5 Å². The maximum absolute atomic E-state index is 11.9. The van der Waals surface area contributed by atoms with Crippen LogP contribution in [-0.4, -0.2) is 37.2 Å². The molecule has 0 amide bonds. The number of carboxylic acid groups (broad SMARTS) is 1. The summed E-state index contributed by atoms with van der Waals surface area (Å²) in [5, 5.41) is 17.8. The SMILES string of the molecule is CC[C@H](CO)NS(=O)(=O)c1cc(C)c(C(=O)O)s1. The number of carboxylic acids is 1. The first kappa shape index (κ1) is 15.1. The van der Waals surface area contributed by atoms with Crippen molar-refractivity contribution in [3.63, 3.8) is 0 Å². The van der Waals surface area contributed by atoms with E-state index in [4.69, 9.17) is 10.2 Å². The van der Waals surface area contributed by atoms with Crippen molar-refractivity contribution in [2.24, 2.45) is 0 Å². The Bertz CT molecular complexity index is 530. The minimum Gasteiger partial charge on any atom is -0.477 e. The first-order chi connectivity index (χ1) is 8.31. The van der Waals surface area contributed by atoms with Gasteiger partial charge in [-0.15, -0.1) is 11.3 Å². The molecule has 0 radical (unpaired) electrons. The van der Waals surface area contributed by atoms with Crippen molar-refractivity contribution in [3.8, 4) is 0 Å². The Kier molecular flexibility index (Phi) is 4.85. The van der Waals surface area contributed by atoms with E-state index in [1.165, 1.54) is 6.07 Å². The lowest BCUT2D eigenvalue weighted by molar-refractivity contribution is 0.0701. The number of carbonyl (C=O) groups is 1. The number of aromatic carboxylic acids is 1. The molecule has 8 heteroatoms. The third-order valence-electron chi connectivity index (χ3n) is 2.39. The van der Waals surface area contributed by atoms with Gasteiger partial charge in [0, 0.05) is 6.04 Å². The molecule has 6 nitrogen and oxygen atoms in total. The third-order valence-corrected chi connectivity index (χ3v) is 5.61. The minimum absolute atomic E-state index is 0.00687. The summed E-state index contributed by atoms with van der Waals surface area (Å²) in [4.78, 5) is 10.9. The Morgan fingerprint density at radius 2 is 2.17 bits per heavy atom. The van der Waals surface area contributed by atoms with Crippen LogP contribution < -0.4 is 4.72 Å². The molecule has 0 saturated heterocycles. The number of aryl methyl sites for hydroxylation is 1. The van der Waals surface area contributed by atoms with Gasteiger partial charge in [-0.2, -0.15) is 0 Å². The van der Waals surface area contributed by atoms with E-state index >= 15 is 0 Å². The van der Waals surface area contributed by atoms with Gasteiger partial charge in [0.15, 0.2) is 0 Å². The molecule has 0 bridgehead atoms. The highest BCUT2D eigenvalue weighted by Crippen LogP contribution is 2.26. The Morgan fingerprint density at radius 3 is 2.56 bits per heavy atom. The molecule has 1 atom stereocenters. The van der Waals surface area contributed by atoms with E-state index in [0.717, 1.165) is 0 Å². The lowest BCUT2D eigenvalue weighted by atomic mass is 10.3. The van der Waals surface area contributed by atoms with Crippen LogP contribution in [0.4, 0.5) is 0 Å². The van der Waals surface area contributed by atoms with Gasteiger partial charge in [0.1, 0.15) is 9.09 Å². The topological polar surface area (TPSA) is 104 Å². The van der Waals surface area contributed by atoms with Crippen LogP contribution >= 0.6 is 11.3 Å². The van der Waals surface area contributed by atoms with E-state index in [0.29, 0.717) is 23.3 Å². The zero-order valence-corrected chi connectivity index (χ0v) is 11.6. The number of rotatable bonds is 6. The van der Waals surface area contributed by atoms with E-state index in [1.807, 2.05) is 0 Å². The zero-order valence-electron chi connectivity index (χ0n) is 10.0. The van der Waals surface area contributed by atoms with Gasteiger partial charge in [-0.25, -0.2) is 17.9 Å². The lowest BCUT2D eigenvalue weighted by Crippen LogP contribution is -2.36. The summed E-state index contributed by atoms with van der Waals surface area (Å²) < 4.78 is 26.2. The molecule has 0 spiro atoms. The molecule has 102 valence electrons. The summed E-state index contributed by atoms with van der Waals surface area (Å²) in [7, 11) is -3.77. The summed E-state index contributed by atoms with van der Waals surface area (Å²) in [6, 6.07) is 0.756. The number of nitrogens with one attached hydrogen (secondary N) is 1. The summed E-state index contributed by atoms with van der Waals surface area (Å²) in [6.07, 6.45) is 0.450. The summed E-state index contributed by atoms with van der Waals surface area (Å²) in [5.41, 5.74) is 0.407. The quantitative estimate of drug-likeness (QED) is 0.720. The van der Waals surface area contributed by atoms with Gasteiger partial charge in [-0.05, 0) is 25.0 Å². The van der Waals surface area contributed by atoms with E-state index < -0.39 is 22.0 Å². The number of hydrogen-bond acceptors (Lipinski definition) is 5. The summed E-state index contributed by atoms with van der Waals surface area (Å²) in [5.74, 6) is -1.15. The molecule has 3 N–H and O–H groups in total. The van der Waals surface area contributed by atoms with Crippen LogP contribution in [0.2, 0.25) is 0 Å². The predicted octanol–water partition coefficient (Wildman–Crippen LogP) is 0.804. The molecule has 1 rings (SSSR count). The van der Waals surface area contributed by atoms with Gasteiger partial charge < -0.3 is 10.2 Å². The van der Waals surface area contributed by atoms with E-state index in [1.54, 1.807) is 13.8 Å². The van der Waals surface area contributed by atoms with Crippen LogP contribution in [0.3, 0.4) is 0 Å². The van der Waals surface area contributed by atoms with Crippen molar-refractivity contribution in [1.82, 2.24) is 4.72 Å². The smallest absolute Gasteiger partial charge is 0.346 e. The maximum atomic E-state index is 11.9. The van der Waals surface area contributed by atoms with Crippen LogP contribution in [0.5, 0.6) is 0 Å². The molecular formula is C10H15NO5S2. The van der Waals surface area contributed by atoms with Crippen LogP contribution in [0, 0.1) is 6.92 Å². The third kappa shape index (κ3) is 3.29. The lowest BCUT2D eigenvalue weighted by Gasteiger charge is -2.12. The van der Waals surface area contributed by atoms with Gasteiger partial charge in [0.25, 0.3) is 0 Å². The molecule has 1 aromatic rings. The Balaban J connectivity index is 3.06. The van der Waals surface area contributed by atoms with Crippen LogP contribution in [0.1, 0.15) is 28.6 Å². The fourth-order valence-corrected chi connectivity index (χ4v) is 4.03. The first-order valence-corrected chi connectivity index (χ1v) is 7.58. The number of thiophene rings is 1. The van der Waals surface area contributed by atoms with E-state index in [2.05, 4.69) is 4.72 Å². The fraction of sp³-hybridized carbons (Fsp3) is 0.500. The van der Waals surface area contributed by atoms with Gasteiger partial charge in [0.2, 0.25) is 10.0 Å². The van der Waals surface area contributed by atoms with Gasteiger partial charge >= 0.3 is 5.97 Å². The average Bonchev–Trinajstić information content (AvgIpc) is 2.69. The molecule has 0 aliphatic rings. The second-order valence-corrected chi connectivity index (χ2v) is 6.78. The molecule has 1 aromatic heterocycles. The van der Waals surface area contributed by atoms with Crippen molar-refractivity contribution in [1.29, 1.82) is 0 Å². The van der Waals surface area contributed by atoms with Gasteiger partial charge in [0.05, 0.1) is 6.61 Å². The highest BCUT2D eigenvalue weighted by molar-refractivity contribution is 7.91. The second kappa shape index (κ2) is 5.79. The first-order valence-electron chi connectivity index (χ1n) is 5.28. The number of hydrogen-bond donors (Lipinski definition) is 3. The van der Waals surface area contributed by atoms with Crippen LogP contribution in [0.25, 0.3) is 0 Å². The molecule has 1 heterocycles. The monoisotopic (exact) mass is 293 g/mol. The summed E-state index contributed by atoms with van der Waals surface area (Å²) in [6.45, 7) is 2.99. The number of sulfonamides is 1. The highest BCUT2D eigenvalue weighted by Gasteiger charge is 2.23. The Hall–Kier alpha value is -0.960. The molecule has 0 aliphatic heterocycles. The van der Waals surface area contributed by atoms with Crippen LogP contribution in [0.15, 0.2) is 10.3 Å². The molecule has 0 unspecified atom stereocenters. The zero-order chi connectivity index (χ0) is 13.9. The molecule has 0 saturated carbocycles. The molecule has 18 heavy (non-hydrogen) atoms. The second-order valence-electron chi connectivity index (χ2n) is 3.79. The molecular weight excluding hydrogens is 278 g/mol. The number of aliphatic hydroxyl groups excluding tert-OH is 1. The highest BCUT2D eigenvalue weighted by atomic mass is 32.2. The predicted molar refractivity (Wildman–Crippen MR) is 67.5 cm³/mol. The largest absolute Gasteiger partial charge is 0.477 e. The Labute approximate surface area is 109 Å². The normalized spacial score (nSPS) is 13.5. The van der Waals surface area contributed by atoms with Crippen molar-refractivity contribution >= 4 is 27.3 Å². The number of aliphatic hydroxyl groups is 1. The molecule has 0 aliphatic carbocycles. The van der Waals surface area contributed by atoms with Crippen molar-refractivity contribution < 1.29 is 23.4 Å². The summed E-state index contributed by atoms with van der Waals surface area (Å²) >= 11 is 0.706. The standard InChI is InChI=1S/C10H15NO5S2/c1-3-7(5-12)11-18(15,16)8-4-6(2)9(17-8)10(13)14/h4,7,11-12H,3,5H2,1-2H3,(H,13,14)/t7-/m1/s1. The maximum Gasteiger partial charge on any atom is 0.346 e.